The van der Waals surface area contributed by atoms with E-state index < -0.39 is 21.5 Å². The largest absolute Gasteiger partial charge is 0.368 e. The quantitative estimate of drug-likeness (QED) is 0.341. The first-order valence-electron chi connectivity index (χ1n) is 10.9. The van der Waals surface area contributed by atoms with E-state index in [1.165, 1.54) is 47.9 Å². The molecule has 2 atom stereocenters. The number of hydrogen-bond donors (Lipinski definition) is 0. The second-order valence-electron chi connectivity index (χ2n) is 8.52. The van der Waals surface area contributed by atoms with Crippen LogP contribution in [0, 0.1) is 18.7 Å². The summed E-state index contributed by atoms with van der Waals surface area (Å²) in [5, 5.41) is 8.37. The van der Waals surface area contributed by atoms with Crippen LogP contribution in [0.25, 0.3) is 5.69 Å². The van der Waals surface area contributed by atoms with Crippen LogP contribution < -0.4 is 0 Å². The maximum atomic E-state index is 14.2. The second kappa shape index (κ2) is 9.29. The third kappa shape index (κ3) is 4.85. The zero-order chi connectivity index (χ0) is 24.5. The highest BCUT2D eigenvalue weighted by molar-refractivity contribution is 7.86. The predicted molar refractivity (Wildman–Crippen MR) is 121 cm³/mol. The van der Waals surface area contributed by atoms with Crippen molar-refractivity contribution in [1.82, 2.24) is 29.5 Å². The molecule has 182 valence electrons. The Bertz CT molecular complexity index is 1390. The Labute approximate surface area is 201 Å². The molecule has 3 heterocycles. The van der Waals surface area contributed by atoms with Crippen LogP contribution in [0.2, 0.25) is 0 Å². The minimum absolute atomic E-state index is 0.0603. The smallest absolute Gasteiger partial charge is 0.296 e. The SMILES string of the molecule is Cc1ccc(S(=O)(=O)OC[C@@H]2CO[C@@](Cn3cncn3)(c3ccc(F)cc3-n3cncn3)C2)cc1. The fourth-order valence-corrected chi connectivity index (χ4v) is 5.28. The summed E-state index contributed by atoms with van der Waals surface area (Å²) < 4.78 is 54.4. The number of halogens is 1. The van der Waals surface area contributed by atoms with Gasteiger partial charge in [-0.3, -0.25) is 4.18 Å². The lowest BCUT2D eigenvalue weighted by molar-refractivity contribution is -0.0180. The number of aryl methyl sites for hydroxylation is 1. The summed E-state index contributed by atoms with van der Waals surface area (Å²) in [5.74, 6) is -0.676. The molecular formula is C23H23FN6O4S. The fourth-order valence-electron chi connectivity index (χ4n) is 4.30. The maximum absolute atomic E-state index is 14.2. The van der Waals surface area contributed by atoms with Crippen molar-refractivity contribution in [3.8, 4) is 5.69 Å². The predicted octanol–water partition coefficient (Wildman–Crippen LogP) is 2.64. The Morgan fingerprint density at radius 1 is 1.11 bits per heavy atom. The second-order valence-corrected chi connectivity index (χ2v) is 10.1. The van der Waals surface area contributed by atoms with E-state index in [-0.39, 0.29) is 30.6 Å². The molecule has 0 amide bonds. The van der Waals surface area contributed by atoms with Crippen LogP contribution in [0.1, 0.15) is 17.5 Å². The van der Waals surface area contributed by atoms with Gasteiger partial charge in [-0.1, -0.05) is 23.8 Å². The van der Waals surface area contributed by atoms with Crippen LogP contribution in [0.4, 0.5) is 4.39 Å². The van der Waals surface area contributed by atoms with Crippen molar-refractivity contribution in [3.63, 3.8) is 0 Å². The number of ether oxygens (including phenoxy) is 1. The molecule has 0 spiro atoms. The van der Waals surface area contributed by atoms with Crippen LogP contribution in [0.15, 0.2) is 72.7 Å². The Balaban J connectivity index is 1.43. The van der Waals surface area contributed by atoms with Crippen molar-refractivity contribution in [2.24, 2.45) is 5.92 Å². The molecule has 0 radical (unpaired) electrons. The van der Waals surface area contributed by atoms with E-state index in [0.717, 1.165) is 5.56 Å². The summed E-state index contributed by atoms with van der Waals surface area (Å²) in [6, 6.07) is 10.9. The molecular weight excluding hydrogens is 475 g/mol. The van der Waals surface area contributed by atoms with E-state index >= 15 is 0 Å². The summed E-state index contributed by atoms with van der Waals surface area (Å²) in [4.78, 5) is 8.08. The number of aromatic nitrogens is 6. The van der Waals surface area contributed by atoms with Gasteiger partial charge in [0.15, 0.2) is 0 Å². The van der Waals surface area contributed by atoms with Crippen LogP contribution in [-0.2, 0) is 31.2 Å². The lowest BCUT2D eigenvalue weighted by Gasteiger charge is -2.31. The molecule has 4 aromatic rings. The molecule has 0 N–H and O–H groups in total. The first-order chi connectivity index (χ1) is 16.8. The molecule has 2 aromatic heterocycles. The molecule has 5 rings (SSSR count). The van der Waals surface area contributed by atoms with Crippen LogP contribution in [-0.4, -0.2) is 51.2 Å². The summed E-state index contributed by atoms with van der Waals surface area (Å²) in [6.45, 7) is 2.34. The summed E-state index contributed by atoms with van der Waals surface area (Å²) >= 11 is 0. The zero-order valence-electron chi connectivity index (χ0n) is 18.9. The molecule has 1 aliphatic rings. The van der Waals surface area contributed by atoms with Gasteiger partial charge in [0, 0.05) is 11.5 Å². The van der Waals surface area contributed by atoms with E-state index in [4.69, 9.17) is 8.92 Å². The standard InChI is InChI=1S/C23H23FN6O4S/c1-17-2-5-20(6-3-17)35(31,32)34-11-18-9-23(33-10-18,12-29-15-25-13-27-29)21-7-4-19(24)8-22(21)30-16-26-14-28-30/h2-8,13-16,18H,9-12H2,1H3/t18-,23-/m0/s1. The lowest BCUT2D eigenvalue weighted by atomic mass is 9.86. The highest BCUT2D eigenvalue weighted by Crippen LogP contribution is 2.43. The number of nitrogens with zero attached hydrogens (tertiary/aromatic N) is 6. The van der Waals surface area contributed by atoms with E-state index in [9.17, 15) is 12.8 Å². The van der Waals surface area contributed by atoms with E-state index in [1.807, 2.05) is 6.92 Å². The Morgan fingerprint density at radius 2 is 1.89 bits per heavy atom. The zero-order valence-corrected chi connectivity index (χ0v) is 19.7. The molecule has 35 heavy (non-hydrogen) atoms. The molecule has 10 nitrogen and oxygen atoms in total. The van der Waals surface area contributed by atoms with Gasteiger partial charge in [0.2, 0.25) is 0 Å². The third-order valence-electron chi connectivity index (χ3n) is 5.98. The van der Waals surface area contributed by atoms with Gasteiger partial charge in [0.05, 0.1) is 30.3 Å². The van der Waals surface area contributed by atoms with Crippen LogP contribution in [0.5, 0.6) is 0 Å². The van der Waals surface area contributed by atoms with Crippen molar-refractivity contribution >= 4 is 10.1 Å². The monoisotopic (exact) mass is 498 g/mol. The molecule has 2 aromatic carbocycles. The molecule has 0 aliphatic carbocycles. The van der Waals surface area contributed by atoms with Gasteiger partial charge < -0.3 is 4.74 Å². The Kier molecular flexibility index (Phi) is 6.17. The van der Waals surface area contributed by atoms with Gasteiger partial charge in [-0.15, -0.1) is 0 Å². The minimum atomic E-state index is -3.92. The van der Waals surface area contributed by atoms with Gasteiger partial charge in [0.1, 0.15) is 36.7 Å². The molecule has 1 saturated heterocycles. The van der Waals surface area contributed by atoms with Gasteiger partial charge in [-0.2, -0.15) is 18.6 Å². The summed E-state index contributed by atoms with van der Waals surface area (Å²) in [6.07, 6.45) is 6.23. The summed E-state index contributed by atoms with van der Waals surface area (Å²) in [7, 11) is -3.92. The molecule has 1 aliphatic heterocycles. The topological polar surface area (TPSA) is 114 Å². The number of rotatable bonds is 8. The first-order valence-corrected chi connectivity index (χ1v) is 12.3. The van der Waals surface area contributed by atoms with Crippen LogP contribution in [0.3, 0.4) is 0 Å². The average molecular weight is 499 g/mol. The van der Waals surface area contributed by atoms with Gasteiger partial charge in [0.25, 0.3) is 10.1 Å². The summed E-state index contributed by atoms with van der Waals surface area (Å²) in [5.41, 5.74) is 1.14. The van der Waals surface area contributed by atoms with Gasteiger partial charge in [-0.25, -0.2) is 23.7 Å². The third-order valence-corrected chi connectivity index (χ3v) is 7.28. The molecule has 1 fully saturated rings. The van der Waals surface area contributed by atoms with Crippen LogP contribution >= 0.6 is 0 Å². The highest BCUT2D eigenvalue weighted by atomic mass is 32.2. The van der Waals surface area contributed by atoms with Crippen molar-refractivity contribution in [2.75, 3.05) is 13.2 Å². The highest BCUT2D eigenvalue weighted by Gasteiger charge is 2.45. The Morgan fingerprint density at radius 3 is 2.60 bits per heavy atom. The molecule has 0 unspecified atom stereocenters. The maximum Gasteiger partial charge on any atom is 0.296 e. The van der Waals surface area contributed by atoms with Crippen molar-refractivity contribution < 1.29 is 21.7 Å². The van der Waals surface area contributed by atoms with E-state index in [1.54, 1.807) is 29.2 Å². The number of benzene rings is 2. The van der Waals surface area contributed by atoms with Crippen molar-refractivity contribution in [3.05, 3.63) is 84.7 Å². The van der Waals surface area contributed by atoms with Crippen molar-refractivity contribution in [2.45, 2.75) is 30.4 Å². The Hall–Kier alpha value is -3.48. The van der Waals surface area contributed by atoms with Gasteiger partial charge >= 0.3 is 0 Å². The number of hydrogen-bond acceptors (Lipinski definition) is 8. The molecule has 12 heteroatoms. The average Bonchev–Trinajstić information content (AvgIpc) is 3.61. The van der Waals surface area contributed by atoms with E-state index in [0.29, 0.717) is 17.7 Å². The molecule has 0 saturated carbocycles. The lowest BCUT2D eigenvalue weighted by Crippen LogP contribution is -2.33. The normalized spacial score (nSPS) is 20.3. The first kappa shape index (κ1) is 23.3. The van der Waals surface area contributed by atoms with Gasteiger partial charge in [-0.05, 0) is 37.6 Å². The van der Waals surface area contributed by atoms with Crippen molar-refractivity contribution in [1.29, 1.82) is 0 Å². The fraction of sp³-hybridized carbons (Fsp3) is 0.304. The van der Waals surface area contributed by atoms with E-state index in [2.05, 4.69) is 20.2 Å². The minimum Gasteiger partial charge on any atom is -0.368 e. The molecule has 0 bridgehead atoms.